The number of esters is 1. The van der Waals surface area contributed by atoms with E-state index in [4.69, 9.17) is 9.47 Å². The highest BCUT2D eigenvalue weighted by Gasteiger charge is 2.16. The van der Waals surface area contributed by atoms with Gasteiger partial charge < -0.3 is 9.47 Å². The van der Waals surface area contributed by atoms with E-state index in [9.17, 15) is 9.59 Å². The number of aromatic nitrogens is 1. The van der Waals surface area contributed by atoms with Crippen LogP contribution in [0.5, 0.6) is 5.75 Å². The number of thiazole rings is 1. The Kier molecular flexibility index (Phi) is 5.80. The quantitative estimate of drug-likeness (QED) is 0.429. The summed E-state index contributed by atoms with van der Waals surface area (Å²) in [6, 6.07) is 9.02. The van der Waals surface area contributed by atoms with Gasteiger partial charge in [0.05, 0.1) is 11.5 Å². The zero-order valence-electron chi connectivity index (χ0n) is 14.4. The Balaban J connectivity index is 1.73. The second-order valence-corrected chi connectivity index (χ2v) is 7.21. The van der Waals surface area contributed by atoms with Crippen molar-refractivity contribution in [3.05, 3.63) is 57.9 Å². The first kappa shape index (κ1) is 18.3. The Morgan fingerprint density at radius 2 is 2.04 bits per heavy atom. The number of Topliss-reactive ketones (excluding diaryl/α,β-unsaturated/α-hetero) is 1. The predicted octanol–water partition coefficient (Wildman–Crippen LogP) is 4.83. The molecule has 3 aromatic rings. The maximum atomic E-state index is 12.3. The third-order valence-corrected chi connectivity index (χ3v) is 5.45. The summed E-state index contributed by atoms with van der Waals surface area (Å²) >= 11 is 2.97. The van der Waals surface area contributed by atoms with Crippen LogP contribution in [0.15, 0.2) is 41.1 Å². The highest BCUT2D eigenvalue weighted by Crippen LogP contribution is 2.28. The maximum absolute atomic E-state index is 12.3. The summed E-state index contributed by atoms with van der Waals surface area (Å²) in [6.07, 6.45) is 0. The number of rotatable bonds is 7. The van der Waals surface area contributed by atoms with Gasteiger partial charge in [0.15, 0.2) is 11.5 Å². The smallest absolute Gasteiger partial charge is 0.358 e. The molecule has 2 aromatic heterocycles. The average molecular weight is 387 g/mol. The molecule has 0 amide bonds. The van der Waals surface area contributed by atoms with E-state index < -0.39 is 5.97 Å². The summed E-state index contributed by atoms with van der Waals surface area (Å²) in [6.45, 7) is 3.86. The number of ketones is 1. The zero-order valence-corrected chi connectivity index (χ0v) is 16.0. The largest absolute Gasteiger partial charge is 0.493 e. The van der Waals surface area contributed by atoms with Crippen molar-refractivity contribution in [1.29, 1.82) is 0 Å². The molecule has 0 spiro atoms. The molecule has 0 N–H and O–H groups in total. The van der Waals surface area contributed by atoms with Crippen molar-refractivity contribution in [3.8, 4) is 15.6 Å². The minimum Gasteiger partial charge on any atom is -0.493 e. The van der Waals surface area contributed by atoms with E-state index >= 15 is 0 Å². The minimum absolute atomic E-state index is 0.0150. The van der Waals surface area contributed by atoms with Crippen molar-refractivity contribution >= 4 is 34.4 Å². The lowest BCUT2D eigenvalue weighted by atomic mass is 10.1. The molecule has 3 rings (SSSR count). The molecule has 0 radical (unpaired) electrons. The van der Waals surface area contributed by atoms with Gasteiger partial charge in [0, 0.05) is 16.5 Å². The molecular weight excluding hydrogens is 370 g/mol. The van der Waals surface area contributed by atoms with E-state index in [1.807, 2.05) is 24.4 Å². The van der Waals surface area contributed by atoms with E-state index in [1.54, 1.807) is 34.9 Å². The van der Waals surface area contributed by atoms with Gasteiger partial charge in [-0.3, -0.25) is 4.79 Å². The van der Waals surface area contributed by atoms with Crippen LogP contribution in [0.3, 0.4) is 0 Å². The van der Waals surface area contributed by atoms with Crippen molar-refractivity contribution in [1.82, 2.24) is 4.98 Å². The highest BCUT2D eigenvalue weighted by atomic mass is 32.1. The predicted molar refractivity (Wildman–Crippen MR) is 102 cm³/mol. The molecule has 0 unspecified atom stereocenters. The number of carbonyl (C=O) groups excluding carboxylic acids is 2. The van der Waals surface area contributed by atoms with Crippen LogP contribution in [0.4, 0.5) is 0 Å². The van der Waals surface area contributed by atoms with Gasteiger partial charge in [0.1, 0.15) is 17.4 Å². The molecule has 134 valence electrons. The molecule has 0 bridgehead atoms. The lowest BCUT2D eigenvalue weighted by molar-refractivity contribution is 0.0463. The van der Waals surface area contributed by atoms with Gasteiger partial charge in [0.25, 0.3) is 0 Å². The number of benzene rings is 1. The second-order valence-electron chi connectivity index (χ2n) is 5.40. The average Bonchev–Trinajstić information content (AvgIpc) is 3.31. The zero-order chi connectivity index (χ0) is 18.5. The SMILES string of the molecule is CCOc1ccc(C(C)=O)cc1COC(=O)c1csc(-c2cccs2)n1. The molecule has 26 heavy (non-hydrogen) atoms. The summed E-state index contributed by atoms with van der Waals surface area (Å²) in [5, 5.41) is 4.44. The van der Waals surface area contributed by atoms with Gasteiger partial charge in [-0.2, -0.15) is 0 Å². The summed E-state index contributed by atoms with van der Waals surface area (Å²) in [5.41, 5.74) is 1.48. The fourth-order valence-electron chi connectivity index (χ4n) is 2.31. The molecule has 0 fully saturated rings. The summed E-state index contributed by atoms with van der Waals surface area (Å²) in [5.74, 6) is 0.0447. The first-order valence-corrected chi connectivity index (χ1v) is 9.77. The summed E-state index contributed by atoms with van der Waals surface area (Å²) in [4.78, 5) is 29.2. The normalized spacial score (nSPS) is 10.5. The van der Waals surface area contributed by atoms with Crippen molar-refractivity contribution in [2.45, 2.75) is 20.5 Å². The Labute approximate surface area is 159 Å². The maximum Gasteiger partial charge on any atom is 0.358 e. The van der Waals surface area contributed by atoms with Crippen molar-refractivity contribution in [3.63, 3.8) is 0 Å². The Morgan fingerprint density at radius 1 is 1.19 bits per heavy atom. The molecule has 7 heteroatoms. The van der Waals surface area contributed by atoms with Crippen LogP contribution in [0.2, 0.25) is 0 Å². The van der Waals surface area contributed by atoms with Crippen LogP contribution >= 0.6 is 22.7 Å². The Bertz CT molecular complexity index is 916. The van der Waals surface area contributed by atoms with Crippen LogP contribution in [0.1, 0.15) is 40.3 Å². The lowest BCUT2D eigenvalue weighted by Gasteiger charge is -2.11. The minimum atomic E-state index is -0.500. The first-order chi connectivity index (χ1) is 12.6. The van der Waals surface area contributed by atoms with Gasteiger partial charge in [-0.05, 0) is 43.5 Å². The van der Waals surface area contributed by atoms with E-state index in [1.165, 1.54) is 18.3 Å². The standard InChI is InChI=1S/C19H17NO4S2/c1-3-23-16-7-6-13(12(2)21)9-14(16)10-24-19(22)15-11-26-18(20-15)17-5-4-8-25-17/h4-9,11H,3,10H2,1-2H3. The molecule has 0 aliphatic rings. The second kappa shape index (κ2) is 8.25. The van der Waals surface area contributed by atoms with Gasteiger partial charge in [-0.1, -0.05) is 6.07 Å². The third-order valence-electron chi connectivity index (χ3n) is 3.57. The van der Waals surface area contributed by atoms with Crippen LogP contribution in [0.25, 0.3) is 9.88 Å². The molecule has 0 aliphatic carbocycles. The van der Waals surface area contributed by atoms with Crippen LogP contribution in [0, 0.1) is 0 Å². The van der Waals surface area contributed by atoms with Crippen LogP contribution in [-0.2, 0) is 11.3 Å². The van der Waals surface area contributed by atoms with Crippen molar-refractivity contribution < 1.29 is 19.1 Å². The van der Waals surface area contributed by atoms with Gasteiger partial charge in [-0.25, -0.2) is 9.78 Å². The fraction of sp³-hybridized carbons (Fsp3) is 0.211. The fourth-order valence-corrected chi connectivity index (χ4v) is 3.91. The van der Waals surface area contributed by atoms with Crippen LogP contribution in [-0.4, -0.2) is 23.3 Å². The number of nitrogens with zero attached hydrogens (tertiary/aromatic N) is 1. The van der Waals surface area contributed by atoms with Crippen molar-refractivity contribution in [2.24, 2.45) is 0 Å². The Morgan fingerprint density at radius 3 is 2.73 bits per heavy atom. The lowest BCUT2D eigenvalue weighted by Crippen LogP contribution is -2.08. The van der Waals surface area contributed by atoms with Gasteiger partial charge in [-0.15, -0.1) is 22.7 Å². The van der Waals surface area contributed by atoms with Gasteiger partial charge in [0.2, 0.25) is 0 Å². The van der Waals surface area contributed by atoms with E-state index in [2.05, 4.69) is 4.98 Å². The van der Waals surface area contributed by atoms with Gasteiger partial charge >= 0.3 is 5.97 Å². The van der Waals surface area contributed by atoms with Crippen molar-refractivity contribution in [2.75, 3.05) is 6.61 Å². The number of ether oxygens (including phenoxy) is 2. The number of carbonyl (C=O) groups is 2. The van der Waals surface area contributed by atoms with E-state index in [0.29, 0.717) is 23.5 Å². The first-order valence-electron chi connectivity index (χ1n) is 8.01. The summed E-state index contributed by atoms with van der Waals surface area (Å²) < 4.78 is 10.9. The third kappa shape index (κ3) is 4.17. The molecule has 0 saturated carbocycles. The van der Waals surface area contributed by atoms with Crippen LogP contribution < -0.4 is 4.74 Å². The van der Waals surface area contributed by atoms with E-state index in [0.717, 1.165) is 9.88 Å². The topological polar surface area (TPSA) is 65.5 Å². The Hall–Kier alpha value is -2.51. The molecule has 2 heterocycles. The number of thiophene rings is 1. The number of hydrogen-bond donors (Lipinski definition) is 0. The van der Waals surface area contributed by atoms with E-state index in [-0.39, 0.29) is 18.1 Å². The molecule has 5 nitrogen and oxygen atoms in total. The molecular formula is C19H17NO4S2. The molecule has 0 atom stereocenters. The molecule has 1 aromatic carbocycles. The highest BCUT2D eigenvalue weighted by molar-refractivity contribution is 7.20. The summed E-state index contributed by atoms with van der Waals surface area (Å²) in [7, 11) is 0. The molecule has 0 aliphatic heterocycles. The number of hydrogen-bond acceptors (Lipinski definition) is 7. The molecule has 0 saturated heterocycles. The monoisotopic (exact) mass is 387 g/mol.